The van der Waals surface area contributed by atoms with Crippen LogP contribution < -0.4 is 15.0 Å². The molecule has 0 saturated carbocycles. The van der Waals surface area contributed by atoms with Gasteiger partial charge in [0.1, 0.15) is 11.4 Å². The van der Waals surface area contributed by atoms with E-state index in [1.165, 1.54) is 18.7 Å². The van der Waals surface area contributed by atoms with Crippen LogP contribution in [0.5, 0.6) is 5.75 Å². The van der Waals surface area contributed by atoms with E-state index in [1.54, 1.807) is 18.3 Å². The van der Waals surface area contributed by atoms with Gasteiger partial charge in [-0.2, -0.15) is 0 Å². The number of anilines is 1. The first-order valence-corrected chi connectivity index (χ1v) is 13.2. The maximum atomic E-state index is 12.0. The van der Waals surface area contributed by atoms with E-state index >= 15 is 0 Å². The van der Waals surface area contributed by atoms with Crippen LogP contribution in [-0.2, 0) is 0 Å². The Morgan fingerprint density at radius 1 is 1.08 bits per heavy atom. The zero-order valence-electron chi connectivity index (χ0n) is 22.6. The summed E-state index contributed by atoms with van der Waals surface area (Å²) in [6.07, 6.45) is 1.78. The van der Waals surface area contributed by atoms with Crippen molar-refractivity contribution in [3.8, 4) is 11.4 Å². The molecule has 2 atom stereocenters. The Labute approximate surface area is 233 Å². The molecular formula is C30H31N5O3S. The fraction of sp³-hybridized carbons (Fsp3) is 0.267. The van der Waals surface area contributed by atoms with Crippen molar-refractivity contribution < 1.29 is 9.66 Å². The maximum Gasteiger partial charge on any atom is 0.296 e. The summed E-state index contributed by atoms with van der Waals surface area (Å²) in [5, 5.41) is 16.1. The van der Waals surface area contributed by atoms with Gasteiger partial charge in [-0.3, -0.25) is 15.1 Å². The highest BCUT2D eigenvalue weighted by molar-refractivity contribution is 7.80. The van der Waals surface area contributed by atoms with Gasteiger partial charge >= 0.3 is 0 Å². The zero-order chi connectivity index (χ0) is 27.8. The van der Waals surface area contributed by atoms with Gasteiger partial charge in [-0.05, 0) is 85.6 Å². The van der Waals surface area contributed by atoms with Gasteiger partial charge in [0.05, 0.1) is 35.9 Å². The average Bonchev–Trinajstić information content (AvgIpc) is 3.43. The average molecular weight is 542 g/mol. The van der Waals surface area contributed by atoms with Gasteiger partial charge in [0.25, 0.3) is 5.69 Å². The van der Waals surface area contributed by atoms with Crippen molar-refractivity contribution in [2.24, 2.45) is 0 Å². The molecule has 0 spiro atoms. The molecule has 8 nitrogen and oxygen atoms in total. The van der Waals surface area contributed by atoms with E-state index in [0.29, 0.717) is 22.5 Å². The SMILES string of the molecule is COc1ccc(-n2c(C)cc(C3C(c4ccccn4)NC(=S)N3c3ccc(C(C)C)cc3)c2C)c([N+](=O)[O-])c1. The highest BCUT2D eigenvalue weighted by Crippen LogP contribution is 2.44. The van der Waals surface area contributed by atoms with E-state index in [0.717, 1.165) is 28.3 Å². The third-order valence-corrected chi connectivity index (χ3v) is 7.66. The van der Waals surface area contributed by atoms with E-state index in [1.807, 2.05) is 36.6 Å². The van der Waals surface area contributed by atoms with Crippen LogP contribution >= 0.6 is 12.2 Å². The number of ether oxygens (including phenoxy) is 1. The molecule has 0 amide bonds. The van der Waals surface area contributed by atoms with Crippen molar-refractivity contribution in [3.05, 3.63) is 111 Å². The van der Waals surface area contributed by atoms with Crippen molar-refractivity contribution >= 4 is 28.7 Å². The predicted molar refractivity (Wildman–Crippen MR) is 157 cm³/mol. The molecule has 1 aliphatic heterocycles. The lowest BCUT2D eigenvalue weighted by molar-refractivity contribution is -0.384. The van der Waals surface area contributed by atoms with Crippen LogP contribution in [0.3, 0.4) is 0 Å². The Bertz CT molecular complexity index is 1530. The molecule has 2 aromatic heterocycles. The van der Waals surface area contributed by atoms with Crippen LogP contribution in [0.1, 0.15) is 60.1 Å². The summed E-state index contributed by atoms with van der Waals surface area (Å²) in [7, 11) is 1.50. The van der Waals surface area contributed by atoms with Crippen LogP contribution in [0.25, 0.3) is 5.69 Å². The molecule has 3 heterocycles. The summed E-state index contributed by atoms with van der Waals surface area (Å²) in [6, 6.07) is 20.9. The minimum absolute atomic E-state index is 0.0230. The normalized spacial score (nSPS) is 17.0. The molecule has 2 unspecified atom stereocenters. The van der Waals surface area contributed by atoms with Gasteiger partial charge in [-0.25, -0.2) is 0 Å². The Hall–Kier alpha value is -4.24. The van der Waals surface area contributed by atoms with Crippen LogP contribution in [-0.4, -0.2) is 26.7 Å². The van der Waals surface area contributed by atoms with Crippen molar-refractivity contribution in [2.45, 2.75) is 45.7 Å². The number of aromatic nitrogens is 2. The van der Waals surface area contributed by atoms with Crippen LogP contribution in [0, 0.1) is 24.0 Å². The van der Waals surface area contributed by atoms with Crippen molar-refractivity contribution in [1.29, 1.82) is 0 Å². The number of hydrogen-bond acceptors (Lipinski definition) is 5. The zero-order valence-corrected chi connectivity index (χ0v) is 23.4. The van der Waals surface area contributed by atoms with Gasteiger partial charge in [-0.15, -0.1) is 0 Å². The molecule has 39 heavy (non-hydrogen) atoms. The summed E-state index contributed by atoms with van der Waals surface area (Å²) in [5.41, 5.74) is 6.33. The summed E-state index contributed by atoms with van der Waals surface area (Å²) in [4.78, 5) is 18.4. The number of rotatable bonds is 7. The largest absolute Gasteiger partial charge is 0.496 e. The Balaban J connectivity index is 1.68. The highest BCUT2D eigenvalue weighted by Gasteiger charge is 2.42. The number of nitro benzene ring substituents is 1. The smallest absolute Gasteiger partial charge is 0.296 e. The maximum absolute atomic E-state index is 12.0. The van der Waals surface area contributed by atoms with Crippen molar-refractivity contribution in [1.82, 2.24) is 14.9 Å². The van der Waals surface area contributed by atoms with E-state index < -0.39 is 0 Å². The van der Waals surface area contributed by atoms with Crippen LogP contribution in [0.15, 0.2) is 72.9 Å². The number of nitrogens with zero attached hydrogens (tertiary/aromatic N) is 4. The van der Waals surface area contributed by atoms with Crippen molar-refractivity contribution in [2.75, 3.05) is 12.0 Å². The Morgan fingerprint density at radius 3 is 2.44 bits per heavy atom. The fourth-order valence-corrected chi connectivity index (χ4v) is 5.74. The second kappa shape index (κ2) is 10.5. The molecule has 0 aliphatic carbocycles. The summed E-state index contributed by atoms with van der Waals surface area (Å²) in [6.45, 7) is 8.30. The number of pyridine rings is 1. The van der Waals surface area contributed by atoms with Gasteiger partial charge < -0.3 is 19.5 Å². The van der Waals surface area contributed by atoms with Gasteiger partial charge in [-0.1, -0.05) is 32.0 Å². The number of aryl methyl sites for hydroxylation is 1. The number of methoxy groups -OCH3 is 1. The number of benzene rings is 2. The molecule has 1 aliphatic rings. The van der Waals surface area contributed by atoms with E-state index in [9.17, 15) is 10.1 Å². The Morgan fingerprint density at radius 2 is 1.82 bits per heavy atom. The van der Waals surface area contributed by atoms with Crippen LogP contribution in [0.4, 0.5) is 11.4 Å². The van der Waals surface area contributed by atoms with E-state index in [2.05, 4.69) is 59.4 Å². The molecule has 0 radical (unpaired) electrons. The van der Waals surface area contributed by atoms with E-state index in [-0.39, 0.29) is 22.7 Å². The second-order valence-corrected chi connectivity index (χ2v) is 10.4. The molecule has 9 heteroatoms. The molecule has 0 bridgehead atoms. The minimum atomic E-state index is -0.373. The molecule has 200 valence electrons. The number of thiocarbonyl (C=S) groups is 1. The molecular weight excluding hydrogens is 510 g/mol. The number of hydrogen-bond donors (Lipinski definition) is 1. The van der Waals surface area contributed by atoms with Gasteiger partial charge in [0.15, 0.2) is 5.11 Å². The quantitative estimate of drug-likeness (QED) is 0.158. The fourth-order valence-electron chi connectivity index (χ4n) is 5.39. The van der Waals surface area contributed by atoms with Gasteiger partial charge in [0.2, 0.25) is 0 Å². The molecule has 1 saturated heterocycles. The molecule has 2 aromatic carbocycles. The van der Waals surface area contributed by atoms with Crippen LogP contribution in [0.2, 0.25) is 0 Å². The van der Waals surface area contributed by atoms with E-state index in [4.69, 9.17) is 17.0 Å². The summed E-state index contributed by atoms with van der Waals surface area (Å²) in [5.74, 6) is 0.851. The first-order chi connectivity index (χ1) is 18.7. The lowest BCUT2D eigenvalue weighted by Gasteiger charge is -2.28. The molecule has 5 rings (SSSR count). The lowest BCUT2D eigenvalue weighted by atomic mass is 9.96. The summed E-state index contributed by atoms with van der Waals surface area (Å²) >= 11 is 5.90. The molecule has 1 N–H and O–H groups in total. The third-order valence-electron chi connectivity index (χ3n) is 7.35. The molecule has 1 fully saturated rings. The second-order valence-electron chi connectivity index (χ2n) is 10.0. The molecule has 4 aromatic rings. The topological polar surface area (TPSA) is 85.5 Å². The number of nitro groups is 1. The highest BCUT2D eigenvalue weighted by atomic mass is 32.1. The standard InChI is InChI=1S/C30H31N5O3S/c1-18(2)21-9-11-22(12-10-21)34-29(28(32-30(34)39)25-8-6-7-15-31-25)24-16-19(3)33(20(24)4)26-14-13-23(38-5)17-27(26)35(36)37/h6-18,28-29H,1-5H3,(H,32,39). The van der Waals surface area contributed by atoms with Gasteiger partial charge in [0, 0.05) is 23.3 Å². The first kappa shape index (κ1) is 26.4. The Kier molecular flexibility index (Phi) is 7.10. The van der Waals surface area contributed by atoms with Crippen molar-refractivity contribution in [3.63, 3.8) is 0 Å². The lowest BCUT2D eigenvalue weighted by Crippen LogP contribution is -2.29. The minimum Gasteiger partial charge on any atom is -0.496 e. The predicted octanol–water partition coefficient (Wildman–Crippen LogP) is 6.71. The summed E-state index contributed by atoms with van der Waals surface area (Å²) < 4.78 is 7.19. The third kappa shape index (κ3) is 4.74. The first-order valence-electron chi connectivity index (χ1n) is 12.8. The monoisotopic (exact) mass is 541 g/mol. The number of nitrogens with one attached hydrogen (secondary N) is 1.